The van der Waals surface area contributed by atoms with Crippen LogP contribution >= 0.6 is 0 Å². The number of ketones is 1. The predicted molar refractivity (Wildman–Crippen MR) is 133 cm³/mol. The quantitative estimate of drug-likeness (QED) is 0.570. The molecule has 2 atom stereocenters. The third-order valence-corrected chi connectivity index (χ3v) is 7.77. The van der Waals surface area contributed by atoms with Gasteiger partial charge in [-0.1, -0.05) is 19.1 Å². The first-order chi connectivity index (χ1) is 17.8. The number of nitriles is 1. The fourth-order valence-corrected chi connectivity index (χ4v) is 5.96. The van der Waals surface area contributed by atoms with Gasteiger partial charge in [0.25, 0.3) is 0 Å². The Bertz CT molecular complexity index is 1490. The molecular formula is C26H25F3N4O4S. The monoisotopic (exact) mass is 546 g/mol. The Morgan fingerprint density at radius 3 is 2.47 bits per heavy atom. The van der Waals surface area contributed by atoms with Gasteiger partial charge < -0.3 is 0 Å². The second-order valence-corrected chi connectivity index (χ2v) is 11.1. The van der Waals surface area contributed by atoms with E-state index in [1.54, 1.807) is 13.8 Å². The van der Waals surface area contributed by atoms with E-state index in [2.05, 4.69) is 5.32 Å². The van der Waals surface area contributed by atoms with Crippen molar-refractivity contribution in [1.82, 2.24) is 10.2 Å². The number of anilines is 1. The zero-order valence-corrected chi connectivity index (χ0v) is 21.7. The third kappa shape index (κ3) is 4.79. The van der Waals surface area contributed by atoms with Crippen LogP contribution in [0.2, 0.25) is 0 Å². The van der Waals surface area contributed by atoms with E-state index in [0.29, 0.717) is 6.54 Å². The highest BCUT2D eigenvalue weighted by Crippen LogP contribution is 2.47. The zero-order chi connectivity index (χ0) is 28.0. The van der Waals surface area contributed by atoms with E-state index in [1.807, 2.05) is 6.07 Å². The number of Topliss-reactive ketones (excluding diaryl/α,β-unsaturated/α-hetero) is 1. The Hall–Kier alpha value is -3.69. The zero-order valence-electron chi connectivity index (χ0n) is 20.8. The predicted octanol–water partition coefficient (Wildman–Crippen LogP) is 4.54. The lowest BCUT2D eigenvalue weighted by atomic mass is 9.91. The molecule has 2 unspecified atom stereocenters. The number of nitrogens with one attached hydrogen (secondary N) is 1. The molecule has 2 aromatic rings. The van der Waals surface area contributed by atoms with Crippen molar-refractivity contribution in [2.75, 3.05) is 17.7 Å². The number of nitrogens with zero attached hydrogens (tertiary/aromatic N) is 3. The molecule has 0 spiro atoms. The van der Waals surface area contributed by atoms with Crippen LogP contribution in [0.25, 0.3) is 0 Å². The molecule has 2 amide bonds. The van der Waals surface area contributed by atoms with E-state index < -0.39 is 39.8 Å². The van der Waals surface area contributed by atoms with Crippen molar-refractivity contribution in [3.8, 4) is 6.07 Å². The topological polar surface area (TPSA) is 111 Å². The number of carbonyl (C=O) groups is 2. The molecule has 0 bridgehead atoms. The number of rotatable bonds is 6. The number of hydrogen-bond acceptors (Lipinski definition) is 6. The van der Waals surface area contributed by atoms with Gasteiger partial charge in [-0.25, -0.2) is 13.2 Å². The van der Waals surface area contributed by atoms with E-state index in [0.717, 1.165) is 23.3 Å². The first kappa shape index (κ1) is 27.3. The number of sulfone groups is 1. The van der Waals surface area contributed by atoms with Gasteiger partial charge in [0, 0.05) is 23.9 Å². The molecule has 2 aromatic carbocycles. The van der Waals surface area contributed by atoms with Gasteiger partial charge >= 0.3 is 12.2 Å². The van der Waals surface area contributed by atoms with Gasteiger partial charge in [0.1, 0.15) is 0 Å². The second kappa shape index (κ2) is 9.89. The number of hydrogen-bond donors (Lipinski definition) is 1. The Balaban J connectivity index is 2.02. The molecule has 0 saturated heterocycles. The van der Waals surface area contributed by atoms with Gasteiger partial charge in [0.05, 0.1) is 40.0 Å². The van der Waals surface area contributed by atoms with Crippen LogP contribution in [0.4, 0.5) is 23.7 Å². The van der Waals surface area contributed by atoms with Crippen LogP contribution < -0.4 is 10.2 Å². The summed E-state index contributed by atoms with van der Waals surface area (Å²) in [6.07, 6.45) is -4.31. The molecular weight excluding hydrogens is 521 g/mol. The molecule has 4 rings (SSSR count). The van der Waals surface area contributed by atoms with Crippen LogP contribution in [-0.2, 0) is 20.8 Å². The highest BCUT2D eigenvalue weighted by Gasteiger charge is 2.48. The molecule has 0 saturated carbocycles. The van der Waals surface area contributed by atoms with Crippen molar-refractivity contribution >= 4 is 27.3 Å². The van der Waals surface area contributed by atoms with Crippen molar-refractivity contribution in [1.29, 1.82) is 5.26 Å². The van der Waals surface area contributed by atoms with Crippen molar-refractivity contribution < 1.29 is 31.2 Å². The number of benzene rings is 2. The molecule has 1 aliphatic heterocycles. The summed E-state index contributed by atoms with van der Waals surface area (Å²) in [4.78, 5) is 29.6. The van der Waals surface area contributed by atoms with Crippen LogP contribution in [0.3, 0.4) is 0 Å². The fraction of sp³-hybridized carbons (Fsp3) is 0.346. The summed E-state index contributed by atoms with van der Waals surface area (Å²) in [6, 6.07) is 8.36. The molecule has 0 aromatic heterocycles. The van der Waals surface area contributed by atoms with Crippen molar-refractivity contribution in [2.45, 2.75) is 50.0 Å². The van der Waals surface area contributed by atoms with E-state index in [1.165, 1.54) is 35.2 Å². The molecule has 0 radical (unpaired) electrons. The van der Waals surface area contributed by atoms with Gasteiger partial charge in [0.2, 0.25) is 0 Å². The molecule has 0 fully saturated rings. The minimum Gasteiger partial charge on any atom is -0.298 e. The molecule has 200 valence electrons. The SMILES string of the molecule is CCNC(C)N1C(=O)N(c2cccc(C(F)(F)F)c2)C2=C(C(=O)CC2)C1c1ccc(C#N)cc1S(C)(=O)=O. The Labute approximate surface area is 218 Å². The summed E-state index contributed by atoms with van der Waals surface area (Å²) < 4.78 is 66.1. The van der Waals surface area contributed by atoms with Crippen LogP contribution in [0.15, 0.2) is 58.6 Å². The average molecular weight is 547 g/mol. The van der Waals surface area contributed by atoms with Crippen LogP contribution in [0.1, 0.15) is 49.4 Å². The van der Waals surface area contributed by atoms with Gasteiger partial charge in [-0.3, -0.25) is 19.9 Å². The number of alkyl halides is 3. The minimum absolute atomic E-state index is 0.0117. The smallest absolute Gasteiger partial charge is 0.298 e. The Kier molecular flexibility index (Phi) is 7.11. The molecule has 1 aliphatic carbocycles. The molecule has 1 heterocycles. The third-order valence-electron chi connectivity index (χ3n) is 6.62. The fourth-order valence-electron chi connectivity index (χ4n) is 5.01. The summed E-state index contributed by atoms with van der Waals surface area (Å²) in [5.74, 6) is -0.341. The maximum absolute atomic E-state index is 14.1. The summed E-state index contributed by atoms with van der Waals surface area (Å²) in [6.45, 7) is 3.85. The van der Waals surface area contributed by atoms with Crippen molar-refractivity contribution in [3.05, 3.63) is 70.4 Å². The highest BCUT2D eigenvalue weighted by atomic mass is 32.2. The number of carbonyl (C=O) groups excluding carboxylic acids is 2. The lowest BCUT2D eigenvalue weighted by Gasteiger charge is -2.45. The van der Waals surface area contributed by atoms with E-state index >= 15 is 0 Å². The Morgan fingerprint density at radius 1 is 1.16 bits per heavy atom. The average Bonchev–Trinajstić information content (AvgIpc) is 3.22. The first-order valence-electron chi connectivity index (χ1n) is 11.8. The summed E-state index contributed by atoms with van der Waals surface area (Å²) in [7, 11) is -3.91. The maximum Gasteiger partial charge on any atom is 0.416 e. The van der Waals surface area contributed by atoms with Crippen LogP contribution in [0.5, 0.6) is 0 Å². The normalized spacial score (nSPS) is 19.0. The van der Waals surface area contributed by atoms with Gasteiger partial charge in [-0.15, -0.1) is 0 Å². The number of halogens is 3. The second-order valence-electron chi connectivity index (χ2n) is 9.13. The summed E-state index contributed by atoms with van der Waals surface area (Å²) >= 11 is 0. The van der Waals surface area contributed by atoms with Crippen LogP contribution in [0, 0.1) is 11.3 Å². The minimum atomic E-state index is -4.65. The molecule has 2 aliphatic rings. The van der Waals surface area contributed by atoms with Gasteiger partial charge in [0.15, 0.2) is 15.6 Å². The summed E-state index contributed by atoms with van der Waals surface area (Å²) in [5, 5.41) is 12.4. The standard InChI is InChI=1S/C26H25F3N4O4S/c1-4-31-15(2)32-24(19-9-8-16(14-30)12-22(19)38(3,36)37)23-20(10-11-21(23)34)33(25(32)35)18-7-5-6-17(13-18)26(27,28)29/h5-9,12-13,15,24,31H,4,10-11H2,1-3H3. The molecule has 12 heteroatoms. The summed E-state index contributed by atoms with van der Waals surface area (Å²) in [5.41, 5.74) is -0.415. The maximum atomic E-state index is 14.1. The lowest BCUT2D eigenvalue weighted by Crippen LogP contribution is -2.57. The molecule has 1 N–H and O–H groups in total. The van der Waals surface area contributed by atoms with Crippen LogP contribution in [-0.4, -0.2) is 44.1 Å². The van der Waals surface area contributed by atoms with E-state index in [-0.39, 0.29) is 51.6 Å². The Morgan fingerprint density at radius 2 is 1.87 bits per heavy atom. The van der Waals surface area contributed by atoms with Gasteiger partial charge in [-0.05, 0) is 55.8 Å². The first-order valence-corrected chi connectivity index (χ1v) is 13.7. The number of urea groups is 1. The number of allylic oxidation sites excluding steroid dienone is 1. The van der Waals surface area contributed by atoms with Crippen molar-refractivity contribution in [2.24, 2.45) is 0 Å². The van der Waals surface area contributed by atoms with Gasteiger partial charge in [-0.2, -0.15) is 18.4 Å². The number of amides is 2. The van der Waals surface area contributed by atoms with Crippen molar-refractivity contribution in [3.63, 3.8) is 0 Å². The van der Waals surface area contributed by atoms with E-state index in [9.17, 15) is 36.4 Å². The lowest BCUT2D eigenvalue weighted by molar-refractivity contribution is -0.137. The largest absolute Gasteiger partial charge is 0.416 e. The molecule has 8 nitrogen and oxygen atoms in total. The highest BCUT2D eigenvalue weighted by molar-refractivity contribution is 7.90. The van der Waals surface area contributed by atoms with E-state index in [4.69, 9.17) is 0 Å². The molecule has 38 heavy (non-hydrogen) atoms.